The second-order valence-electron chi connectivity index (χ2n) is 6.61. The minimum atomic E-state index is -1.14. The van der Waals surface area contributed by atoms with Gasteiger partial charge in [0.25, 0.3) is 0 Å². The maximum absolute atomic E-state index is 14.0. The highest BCUT2D eigenvalue weighted by molar-refractivity contribution is 6.31. The van der Waals surface area contributed by atoms with Crippen LogP contribution >= 0.6 is 11.6 Å². The number of hydrogen-bond acceptors (Lipinski definition) is 3. The molecule has 5 nitrogen and oxygen atoms in total. The average Bonchev–Trinajstić information content (AvgIpc) is 3.23. The molecule has 1 N–H and O–H groups in total. The monoisotopic (exact) mass is 440 g/mol. The molecule has 0 unspecified atom stereocenters. The Labute approximate surface area is 181 Å². The molecule has 0 aliphatic carbocycles. The van der Waals surface area contributed by atoms with Gasteiger partial charge in [0.05, 0.1) is 5.69 Å². The van der Waals surface area contributed by atoms with Crippen LogP contribution in [0.15, 0.2) is 72.9 Å². The molecule has 0 spiro atoms. The maximum atomic E-state index is 14.0. The van der Waals surface area contributed by atoms with E-state index in [4.69, 9.17) is 16.3 Å². The van der Waals surface area contributed by atoms with Crippen LogP contribution in [0.5, 0.6) is 5.75 Å². The number of carbonyl (C=O) groups is 1. The number of carboxylic acid groups (broad SMARTS) is 1. The van der Waals surface area contributed by atoms with Gasteiger partial charge in [-0.2, -0.15) is 0 Å². The first-order valence-electron chi connectivity index (χ1n) is 9.17. The Morgan fingerprint density at radius 3 is 2.68 bits per heavy atom. The van der Waals surface area contributed by atoms with Crippen molar-refractivity contribution < 1.29 is 23.4 Å². The van der Waals surface area contributed by atoms with E-state index in [1.807, 2.05) is 0 Å². The Balaban J connectivity index is 1.71. The number of aromatic carboxylic acids is 1. The molecule has 4 aromatic rings. The fourth-order valence-electron chi connectivity index (χ4n) is 3.10. The largest absolute Gasteiger partial charge is 0.488 e. The Bertz CT molecular complexity index is 1270. The van der Waals surface area contributed by atoms with Gasteiger partial charge >= 0.3 is 5.97 Å². The van der Waals surface area contributed by atoms with Crippen molar-refractivity contribution in [3.05, 3.63) is 101 Å². The van der Waals surface area contributed by atoms with Gasteiger partial charge in [-0.1, -0.05) is 17.7 Å². The molecule has 2 aromatic carbocycles. The lowest BCUT2D eigenvalue weighted by molar-refractivity contribution is 0.0690. The molecule has 0 saturated heterocycles. The third-order valence-electron chi connectivity index (χ3n) is 4.56. The van der Waals surface area contributed by atoms with Crippen molar-refractivity contribution in [1.82, 2.24) is 9.55 Å². The van der Waals surface area contributed by atoms with Gasteiger partial charge in [0, 0.05) is 28.4 Å². The van der Waals surface area contributed by atoms with Crippen molar-refractivity contribution in [2.75, 3.05) is 0 Å². The number of aromatic nitrogens is 2. The summed E-state index contributed by atoms with van der Waals surface area (Å²) in [5.74, 6) is -1.68. The normalized spacial score (nSPS) is 10.8. The van der Waals surface area contributed by atoms with E-state index in [-0.39, 0.29) is 17.9 Å². The second kappa shape index (κ2) is 8.57. The van der Waals surface area contributed by atoms with E-state index < -0.39 is 17.6 Å². The Morgan fingerprint density at radius 2 is 1.90 bits per heavy atom. The summed E-state index contributed by atoms with van der Waals surface area (Å²) in [7, 11) is 0. The van der Waals surface area contributed by atoms with E-state index in [2.05, 4.69) is 4.98 Å². The van der Waals surface area contributed by atoms with E-state index in [9.17, 15) is 18.7 Å². The predicted octanol–water partition coefficient (Wildman–Crippen LogP) is 5.75. The molecule has 0 fully saturated rings. The van der Waals surface area contributed by atoms with Crippen LogP contribution < -0.4 is 4.74 Å². The molecule has 8 heteroatoms. The first-order valence-corrected chi connectivity index (χ1v) is 9.55. The molecular formula is C23H15ClF2N2O3. The maximum Gasteiger partial charge on any atom is 0.354 e. The lowest BCUT2D eigenvalue weighted by Crippen LogP contribution is -2.06. The number of nitrogens with zero attached hydrogens (tertiary/aromatic N) is 2. The zero-order valence-electron chi connectivity index (χ0n) is 15.9. The molecule has 0 radical (unpaired) electrons. The highest BCUT2D eigenvalue weighted by atomic mass is 35.5. The van der Waals surface area contributed by atoms with Crippen molar-refractivity contribution in [2.45, 2.75) is 6.61 Å². The molecule has 0 bridgehead atoms. The number of pyridine rings is 1. The van der Waals surface area contributed by atoms with Crippen LogP contribution in [0, 0.1) is 11.6 Å². The SMILES string of the molecule is O=C(O)c1cccc(-n2cccc2-c2cc(Cl)ccc2OCc2ccc(F)cc2F)n1. The highest BCUT2D eigenvalue weighted by Gasteiger charge is 2.15. The first kappa shape index (κ1) is 20.6. The van der Waals surface area contributed by atoms with Crippen molar-refractivity contribution in [3.63, 3.8) is 0 Å². The highest BCUT2D eigenvalue weighted by Crippen LogP contribution is 2.34. The number of hydrogen-bond donors (Lipinski definition) is 1. The molecule has 0 saturated carbocycles. The molecule has 0 aliphatic heterocycles. The molecule has 2 aromatic heterocycles. The standard InChI is InChI=1S/C23H15ClF2N2O3/c24-15-7-9-21(31-13-14-6-8-16(25)12-18(14)26)17(11-15)20-4-2-10-28(20)22-5-1-3-19(27-22)23(29)30/h1-12H,13H2,(H,29,30). The van der Waals surface area contributed by atoms with Gasteiger partial charge in [0.1, 0.15) is 29.8 Å². The first-order chi connectivity index (χ1) is 14.9. The summed E-state index contributed by atoms with van der Waals surface area (Å²) in [5, 5.41) is 9.68. The number of carboxylic acids is 1. The minimum Gasteiger partial charge on any atom is -0.488 e. The quantitative estimate of drug-likeness (QED) is 0.414. The van der Waals surface area contributed by atoms with Crippen LogP contribution in [0.25, 0.3) is 17.1 Å². The molecule has 0 amide bonds. The van der Waals surface area contributed by atoms with Crippen LogP contribution in [0.2, 0.25) is 5.02 Å². The summed E-state index contributed by atoms with van der Waals surface area (Å²) in [6, 6.07) is 16.5. The Hall–Kier alpha value is -3.71. The van der Waals surface area contributed by atoms with Crippen molar-refractivity contribution in [1.29, 1.82) is 0 Å². The molecule has 4 rings (SSSR count). The lowest BCUT2D eigenvalue weighted by atomic mass is 10.1. The van der Waals surface area contributed by atoms with Gasteiger partial charge in [-0.25, -0.2) is 18.6 Å². The zero-order chi connectivity index (χ0) is 22.0. The molecule has 0 aliphatic rings. The van der Waals surface area contributed by atoms with E-state index >= 15 is 0 Å². The number of halogens is 3. The molecule has 0 atom stereocenters. The molecule has 156 valence electrons. The van der Waals surface area contributed by atoms with Crippen LogP contribution in [-0.2, 0) is 6.61 Å². The summed E-state index contributed by atoms with van der Waals surface area (Å²) in [4.78, 5) is 15.5. The van der Waals surface area contributed by atoms with Gasteiger partial charge in [-0.05, 0) is 54.6 Å². The number of benzene rings is 2. The van der Waals surface area contributed by atoms with E-state index in [1.165, 1.54) is 12.1 Å². The van der Waals surface area contributed by atoms with Crippen LogP contribution in [0.4, 0.5) is 8.78 Å². The Morgan fingerprint density at radius 1 is 1.06 bits per heavy atom. The second-order valence-corrected chi connectivity index (χ2v) is 7.05. The number of rotatable bonds is 6. The summed E-state index contributed by atoms with van der Waals surface area (Å²) < 4.78 is 34.7. The smallest absolute Gasteiger partial charge is 0.354 e. The van der Waals surface area contributed by atoms with Crippen molar-refractivity contribution in [3.8, 4) is 22.8 Å². The van der Waals surface area contributed by atoms with Gasteiger partial charge < -0.3 is 14.4 Å². The summed E-state index contributed by atoms with van der Waals surface area (Å²) in [6.45, 7) is -0.117. The van der Waals surface area contributed by atoms with E-state index in [0.717, 1.165) is 12.1 Å². The topological polar surface area (TPSA) is 64.3 Å². The number of ether oxygens (including phenoxy) is 1. The van der Waals surface area contributed by atoms with E-state index in [0.29, 0.717) is 27.8 Å². The predicted molar refractivity (Wildman–Crippen MR) is 112 cm³/mol. The summed E-state index contributed by atoms with van der Waals surface area (Å²) in [6.07, 6.45) is 1.73. The van der Waals surface area contributed by atoms with Crippen molar-refractivity contribution >= 4 is 17.6 Å². The summed E-state index contributed by atoms with van der Waals surface area (Å²) in [5.41, 5.74) is 1.36. The zero-order valence-corrected chi connectivity index (χ0v) is 16.7. The Kier molecular flexibility index (Phi) is 5.68. The van der Waals surface area contributed by atoms with Gasteiger partial charge in [0.15, 0.2) is 5.69 Å². The third-order valence-corrected chi connectivity index (χ3v) is 4.80. The van der Waals surface area contributed by atoms with Gasteiger partial charge in [0.2, 0.25) is 0 Å². The average molecular weight is 441 g/mol. The van der Waals surface area contributed by atoms with Gasteiger partial charge in [-0.3, -0.25) is 0 Å². The fourth-order valence-corrected chi connectivity index (χ4v) is 3.27. The fraction of sp³-hybridized carbons (Fsp3) is 0.0435. The lowest BCUT2D eigenvalue weighted by Gasteiger charge is -2.15. The molecular weight excluding hydrogens is 426 g/mol. The van der Waals surface area contributed by atoms with Crippen molar-refractivity contribution in [2.24, 2.45) is 0 Å². The molecule has 2 heterocycles. The minimum absolute atomic E-state index is 0.0912. The summed E-state index contributed by atoms with van der Waals surface area (Å²) >= 11 is 6.20. The van der Waals surface area contributed by atoms with E-state index in [1.54, 1.807) is 53.2 Å². The molecule has 31 heavy (non-hydrogen) atoms. The third kappa shape index (κ3) is 4.41. The van der Waals surface area contributed by atoms with Crippen LogP contribution in [0.1, 0.15) is 16.1 Å². The van der Waals surface area contributed by atoms with Crippen LogP contribution in [0.3, 0.4) is 0 Å². The van der Waals surface area contributed by atoms with Crippen LogP contribution in [-0.4, -0.2) is 20.6 Å². The van der Waals surface area contributed by atoms with Gasteiger partial charge in [-0.15, -0.1) is 0 Å².